The number of anilines is 2. The second-order valence-corrected chi connectivity index (χ2v) is 7.28. The molecule has 0 radical (unpaired) electrons. The van der Waals surface area contributed by atoms with Gasteiger partial charge in [0.15, 0.2) is 9.84 Å². The highest BCUT2D eigenvalue weighted by molar-refractivity contribution is 7.90. The molecule has 1 heterocycles. The molecule has 0 saturated heterocycles. The van der Waals surface area contributed by atoms with Crippen LogP contribution in [0.4, 0.5) is 30.5 Å². The van der Waals surface area contributed by atoms with Gasteiger partial charge in [0.1, 0.15) is 16.3 Å². The maximum atomic E-state index is 12.6. The number of aromatic nitrogens is 2. The van der Waals surface area contributed by atoms with Crippen molar-refractivity contribution >= 4 is 27.2 Å². The summed E-state index contributed by atoms with van der Waals surface area (Å²) in [5, 5.41) is 16.5. The number of hydrogen-bond donors (Lipinski definition) is 2. The van der Waals surface area contributed by atoms with E-state index in [4.69, 9.17) is 0 Å². The molecule has 2 rings (SSSR count). The highest BCUT2D eigenvalue weighted by Gasteiger charge is 2.32. The van der Waals surface area contributed by atoms with Crippen LogP contribution in [0.15, 0.2) is 35.4 Å². The number of para-hydroxylation sites is 1. The van der Waals surface area contributed by atoms with E-state index in [1.807, 2.05) is 0 Å². The van der Waals surface area contributed by atoms with Crippen LogP contribution in [0.1, 0.15) is 5.69 Å². The molecule has 9 nitrogen and oxygen atoms in total. The lowest BCUT2D eigenvalue weighted by molar-refractivity contribution is -0.386. The van der Waals surface area contributed by atoms with Crippen LogP contribution in [-0.4, -0.2) is 42.7 Å². The zero-order valence-electron chi connectivity index (χ0n) is 13.8. The van der Waals surface area contributed by atoms with E-state index < -0.39 is 37.2 Å². The van der Waals surface area contributed by atoms with E-state index in [1.54, 1.807) is 0 Å². The molecule has 1 aromatic carbocycles. The molecule has 2 N–H and O–H groups in total. The maximum absolute atomic E-state index is 12.6. The van der Waals surface area contributed by atoms with Crippen molar-refractivity contribution in [2.45, 2.75) is 11.1 Å². The number of nitrogens with zero attached hydrogens (tertiary/aromatic N) is 3. The first-order valence-corrected chi connectivity index (χ1v) is 9.24. The fourth-order valence-electron chi connectivity index (χ4n) is 2.13. The van der Waals surface area contributed by atoms with Gasteiger partial charge in [0.05, 0.1) is 4.92 Å². The van der Waals surface area contributed by atoms with E-state index in [9.17, 15) is 31.7 Å². The van der Waals surface area contributed by atoms with Crippen molar-refractivity contribution in [3.05, 3.63) is 46.3 Å². The molecule has 0 aliphatic carbocycles. The van der Waals surface area contributed by atoms with Gasteiger partial charge in [-0.1, -0.05) is 6.07 Å². The van der Waals surface area contributed by atoms with Gasteiger partial charge in [-0.15, -0.1) is 0 Å². The number of benzene rings is 1. The molecule has 2 aromatic rings. The first kappa shape index (κ1) is 20.4. The van der Waals surface area contributed by atoms with Gasteiger partial charge in [0.25, 0.3) is 0 Å². The smallest absolute Gasteiger partial charge is 0.378 e. The standard InChI is InChI=1S/C14H14F3N5O4S/c1-27(25,26)10-4-2-3-9(12(10)22(23)24)18-7-8-20-13-19-6-5-11(21-13)14(15,16)17/h2-6,18H,7-8H2,1H3,(H,19,20,21). The lowest BCUT2D eigenvalue weighted by atomic mass is 10.2. The Morgan fingerprint density at radius 1 is 1.19 bits per heavy atom. The Kier molecular flexibility index (Phi) is 5.83. The van der Waals surface area contributed by atoms with Crippen LogP contribution in [0, 0.1) is 10.1 Å². The molecule has 0 unspecified atom stereocenters. The number of rotatable bonds is 7. The molecule has 0 saturated carbocycles. The molecule has 27 heavy (non-hydrogen) atoms. The Hall–Kier alpha value is -2.96. The highest BCUT2D eigenvalue weighted by atomic mass is 32.2. The quantitative estimate of drug-likeness (QED) is 0.408. The number of nitro groups is 1. The van der Waals surface area contributed by atoms with Crippen molar-refractivity contribution in [3.63, 3.8) is 0 Å². The third-order valence-corrected chi connectivity index (χ3v) is 4.38. The lowest BCUT2D eigenvalue weighted by Crippen LogP contribution is -2.17. The minimum absolute atomic E-state index is 0.0293. The van der Waals surface area contributed by atoms with E-state index in [1.165, 1.54) is 12.1 Å². The fourth-order valence-corrected chi connectivity index (χ4v) is 2.99. The Morgan fingerprint density at radius 3 is 2.44 bits per heavy atom. The Balaban J connectivity index is 2.07. The maximum Gasteiger partial charge on any atom is 0.433 e. The summed E-state index contributed by atoms with van der Waals surface area (Å²) >= 11 is 0. The minimum Gasteiger partial charge on any atom is -0.378 e. The highest BCUT2D eigenvalue weighted by Crippen LogP contribution is 2.31. The third kappa shape index (κ3) is 5.26. The second kappa shape index (κ2) is 7.73. The topological polar surface area (TPSA) is 127 Å². The largest absolute Gasteiger partial charge is 0.433 e. The predicted molar refractivity (Wildman–Crippen MR) is 90.2 cm³/mol. The van der Waals surface area contributed by atoms with Gasteiger partial charge in [-0.25, -0.2) is 18.4 Å². The zero-order valence-corrected chi connectivity index (χ0v) is 14.6. The van der Waals surface area contributed by atoms with Crippen LogP contribution in [0.2, 0.25) is 0 Å². The number of alkyl halides is 3. The number of sulfone groups is 1. The summed E-state index contributed by atoms with van der Waals surface area (Å²) < 4.78 is 61.1. The van der Waals surface area contributed by atoms with Crippen molar-refractivity contribution in [1.82, 2.24) is 9.97 Å². The van der Waals surface area contributed by atoms with E-state index in [0.29, 0.717) is 0 Å². The van der Waals surface area contributed by atoms with E-state index in [0.717, 1.165) is 24.6 Å². The number of nitro benzene ring substituents is 1. The van der Waals surface area contributed by atoms with E-state index in [2.05, 4.69) is 20.6 Å². The van der Waals surface area contributed by atoms with Crippen LogP contribution in [0.5, 0.6) is 0 Å². The summed E-state index contributed by atoms with van der Waals surface area (Å²) in [6.07, 6.45) is -2.80. The summed E-state index contributed by atoms with van der Waals surface area (Å²) in [6.45, 7) is 0.0647. The fraction of sp³-hybridized carbons (Fsp3) is 0.286. The summed E-state index contributed by atoms with van der Waals surface area (Å²) in [7, 11) is -3.82. The van der Waals surface area contributed by atoms with Crippen LogP contribution >= 0.6 is 0 Å². The van der Waals surface area contributed by atoms with Gasteiger partial charge in [-0.05, 0) is 18.2 Å². The average molecular weight is 405 g/mol. The van der Waals surface area contributed by atoms with Gasteiger partial charge in [-0.2, -0.15) is 13.2 Å². The molecule has 0 bridgehead atoms. The molecule has 1 aromatic heterocycles. The summed E-state index contributed by atoms with van der Waals surface area (Å²) in [5.41, 5.74) is -1.74. The van der Waals surface area contributed by atoms with Gasteiger partial charge in [0.2, 0.25) is 5.95 Å². The molecule has 146 valence electrons. The monoisotopic (exact) mass is 405 g/mol. The van der Waals surface area contributed by atoms with Gasteiger partial charge in [0, 0.05) is 25.5 Å². The number of hydrogen-bond acceptors (Lipinski definition) is 8. The molecule has 13 heteroatoms. The van der Waals surface area contributed by atoms with Crippen LogP contribution in [0.3, 0.4) is 0 Å². The predicted octanol–water partition coefficient (Wildman–Crippen LogP) is 2.33. The normalized spacial score (nSPS) is 11.9. The second-order valence-electron chi connectivity index (χ2n) is 5.30. The molecule has 0 amide bonds. The zero-order chi connectivity index (χ0) is 20.2. The summed E-state index contributed by atoms with van der Waals surface area (Å²) in [6, 6.07) is 4.51. The molecular weight excluding hydrogens is 391 g/mol. The Labute approximate surface area is 151 Å². The van der Waals surface area contributed by atoms with Gasteiger partial charge in [-0.3, -0.25) is 10.1 Å². The van der Waals surface area contributed by atoms with Crippen molar-refractivity contribution in [1.29, 1.82) is 0 Å². The van der Waals surface area contributed by atoms with Crippen LogP contribution in [-0.2, 0) is 16.0 Å². The van der Waals surface area contributed by atoms with Crippen LogP contribution < -0.4 is 10.6 Å². The van der Waals surface area contributed by atoms with Gasteiger partial charge < -0.3 is 10.6 Å². The molecule has 0 atom stereocenters. The third-order valence-electron chi connectivity index (χ3n) is 3.25. The van der Waals surface area contributed by atoms with E-state index >= 15 is 0 Å². The van der Waals surface area contributed by atoms with Crippen LogP contribution in [0.25, 0.3) is 0 Å². The minimum atomic E-state index is -4.61. The first-order valence-electron chi connectivity index (χ1n) is 7.35. The lowest BCUT2D eigenvalue weighted by Gasteiger charge is -2.11. The molecule has 0 aliphatic heterocycles. The first-order chi connectivity index (χ1) is 12.5. The van der Waals surface area contributed by atoms with Crippen molar-refractivity contribution < 1.29 is 26.5 Å². The molecular formula is C14H14F3N5O4S. The molecule has 0 fully saturated rings. The Morgan fingerprint density at radius 2 is 1.85 bits per heavy atom. The number of halogens is 3. The summed E-state index contributed by atoms with van der Waals surface area (Å²) in [5.74, 6) is -0.258. The average Bonchev–Trinajstić information content (AvgIpc) is 2.57. The SMILES string of the molecule is CS(=O)(=O)c1cccc(NCCNc2nccc(C(F)(F)F)n2)c1[N+](=O)[O-]. The molecule has 0 aliphatic rings. The van der Waals surface area contributed by atoms with Crippen molar-refractivity contribution in [2.24, 2.45) is 0 Å². The van der Waals surface area contributed by atoms with E-state index in [-0.39, 0.29) is 24.7 Å². The molecule has 0 spiro atoms. The summed E-state index contributed by atoms with van der Waals surface area (Å²) in [4.78, 5) is 16.9. The number of nitrogens with one attached hydrogen (secondary N) is 2. The van der Waals surface area contributed by atoms with Crippen molar-refractivity contribution in [3.8, 4) is 0 Å². The van der Waals surface area contributed by atoms with Gasteiger partial charge >= 0.3 is 11.9 Å². The Bertz CT molecular complexity index is 950. The van der Waals surface area contributed by atoms with Crippen molar-refractivity contribution in [2.75, 3.05) is 30.0 Å².